The number of carbonyl (C=O) groups excluding carboxylic acids is 1. The average Bonchev–Trinajstić information content (AvgIpc) is 2.64. The molecule has 0 radical (unpaired) electrons. The van der Waals surface area contributed by atoms with Crippen LogP contribution < -0.4 is 5.32 Å². The smallest absolute Gasteiger partial charge is 0.241 e. The van der Waals surface area contributed by atoms with Crippen LogP contribution in [0.2, 0.25) is 0 Å². The van der Waals surface area contributed by atoms with Crippen LogP contribution in [0.1, 0.15) is 35.6 Å². The second kappa shape index (κ2) is 7.88. The average molecular weight is 348 g/mol. The molecule has 0 aliphatic carbocycles. The van der Waals surface area contributed by atoms with E-state index in [4.69, 9.17) is 0 Å². The molecule has 1 heterocycles. The molecule has 0 spiro atoms. The standard InChI is InChI=1S/C23H28N2O/c1-16-14-17(2)22(18(3)15-16)24-23(26)19(4)25-12-10-21(11-13-25)20-8-6-5-7-9-20/h5-10,14-15,19H,11-13H2,1-4H3,(H,24,26)/t19-/m1/s1. The Kier molecular flexibility index (Phi) is 5.58. The molecule has 136 valence electrons. The number of aryl methyl sites for hydroxylation is 3. The van der Waals surface area contributed by atoms with Gasteiger partial charge < -0.3 is 5.32 Å². The van der Waals surface area contributed by atoms with Crippen LogP contribution in [0.3, 0.4) is 0 Å². The summed E-state index contributed by atoms with van der Waals surface area (Å²) in [5, 5.41) is 3.14. The molecular formula is C23H28N2O. The summed E-state index contributed by atoms with van der Waals surface area (Å²) in [6.07, 6.45) is 3.23. The predicted octanol–water partition coefficient (Wildman–Crippen LogP) is 4.73. The minimum Gasteiger partial charge on any atom is -0.324 e. The van der Waals surface area contributed by atoms with Crippen molar-refractivity contribution in [2.24, 2.45) is 0 Å². The van der Waals surface area contributed by atoms with E-state index < -0.39 is 0 Å². The van der Waals surface area contributed by atoms with Gasteiger partial charge in [-0.05, 0) is 56.4 Å². The van der Waals surface area contributed by atoms with Crippen molar-refractivity contribution in [3.63, 3.8) is 0 Å². The van der Waals surface area contributed by atoms with E-state index >= 15 is 0 Å². The molecule has 0 saturated carbocycles. The zero-order valence-corrected chi connectivity index (χ0v) is 16.2. The van der Waals surface area contributed by atoms with E-state index in [0.29, 0.717) is 0 Å². The Morgan fingerprint density at radius 2 is 1.73 bits per heavy atom. The van der Waals surface area contributed by atoms with Crippen LogP contribution in [0.5, 0.6) is 0 Å². The zero-order valence-electron chi connectivity index (χ0n) is 16.2. The highest BCUT2D eigenvalue weighted by atomic mass is 16.2. The molecule has 0 unspecified atom stereocenters. The number of nitrogens with one attached hydrogen (secondary N) is 1. The van der Waals surface area contributed by atoms with Gasteiger partial charge in [0.25, 0.3) is 0 Å². The molecular weight excluding hydrogens is 320 g/mol. The van der Waals surface area contributed by atoms with E-state index in [9.17, 15) is 4.79 Å². The summed E-state index contributed by atoms with van der Waals surface area (Å²) >= 11 is 0. The van der Waals surface area contributed by atoms with Gasteiger partial charge >= 0.3 is 0 Å². The number of nitrogens with zero attached hydrogens (tertiary/aromatic N) is 1. The fourth-order valence-electron chi connectivity index (χ4n) is 3.72. The predicted molar refractivity (Wildman–Crippen MR) is 109 cm³/mol. The maximum absolute atomic E-state index is 12.8. The lowest BCUT2D eigenvalue weighted by atomic mass is 9.98. The summed E-state index contributed by atoms with van der Waals surface area (Å²) in [4.78, 5) is 15.0. The van der Waals surface area contributed by atoms with Crippen molar-refractivity contribution in [3.8, 4) is 0 Å². The SMILES string of the molecule is Cc1cc(C)c(NC(=O)[C@@H](C)N2CC=C(c3ccccc3)CC2)c(C)c1. The van der Waals surface area contributed by atoms with Crippen molar-refractivity contribution in [2.75, 3.05) is 18.4 Å². The van der Waals surface area contributed by atoms with Crippen LogP contribution in [-0.2, 0) is 4.79 Å². The van der Waals surface area contributed by atoms with Gasteiger partial charge in [-0.3, -0.25) is 9.69 Å². The van der Waals surface area contributed by atoms with Gasteiger partial charge in [0, 0.05) is 18.8 Å². The van der Waals surface area contributed by atoms with Crippen LogP contribution in [0.4, 0.5) is 5.69 Å². The molecule has 0 fully saturated rings. The fourth-order valence-corrected chi connectivity index (χ4v) is 3.72. The molecule has 0 aromatic heterocycles. The Morgan fingerprint density at radius 3 is 2.31 bits per heavy atom. The van der Waals surface area contributed by atoms with Gasteiger partial charge in [0.05, 0.1) is 6.04 Å². The van der Waals surface area contributed by atoms with E-state index in [1.807, 2.05) is 13.0 Å². The van der Waals surface area contributed by atoms with Gasteiger partial charge in [-0.25, -0.2) is 0 Å². The van der Waals surface area contributed by atoms with Crippen molar-refractivity contribution in [2.45, 2.75) is 40.2 Å². The topological polar surface area (TPSA) is 32.3 Å². The minimum atomic E-state index is -0.149. The Labute approximate surface area is 156 Å². The molecule has 1 aliphatic rings. The maximum Gasteiger partial charge on any atom is 0.241 e. The van der Waals surface area contributed by atoms with Gasteiger partial charge in [0.1, 0.15) is 0 Å². The Balaban J connectivity index is 1.66. The quantitative estimate of drug-likeness (QED) is 0.866. The normalized spacial score (nSPS) is 16.1. The van der Waals surface area contributed by atoms with Crippen molar-refractivity contribution < 1.29 is 4.79 Å². The molecule has 26 heavy (non-hydrogen) atoms. The summed E-state index contributed by atoms with van der Waals surface area (Å²) in [7, 11) is 0. The summed E-state index contributed by atoms with van der Waals surface area (Å²) < 4.78 is 0. The second-order valence-corrected chi connectivity index (χ2v) is 7.28. The number of anilines is 1. The minimum absolute atomic E-state index is 0.0663. The van der Waals surface area contributed by atoms with Gasteiger partial charge in [-0.2, -0.15) is 0 Å². The molecule has 0 bridgehead atoms. The number of hydrogen-bond acceptors (Lipinski definition) is 2. The largest absolute Gasteiger partial charge is 0.324 e. The van der Waals surface area contributed by atoms with Crippen molar-refractivity contribution >= 4 is 17.2 Å². The molecule has 3 rings (SSSR count). The molecule has 1 aliphatic heterocycles. The van der Waals surface area contributed by atoms with E-state index in [2.05, 4.69) is 73.5 Å². The van der Waals surface area contributed by atoms with Crippen LogP contribution in [0.25, 0.3) is 5.57 Å². The lowest BCUT2D eigenvalue weighted by molar-refractivity contribution is -0.120. The summed E-state index contributed by atoms with van der Waals surface area (Å²) in [5.41, 5.74) is 7.07. The van der Waals surface area contributed by atoms with Crippen LogP contribution in [0.15, 0.2) is 48.5 Å². The van der Waals surface area contributed by atoms with E-state index in [-0.39, 0.29) is 11.9 Å². The highest BCUT2D eigenvalue weighted by Gasteiger charge is 2.24. The second-order valence-electron chi connectivity index (χ2n) is 7.28. The molecule has 1 amide bonds. The Hall–Kier alpha value is -2.39. The van der Waals surface area contributed by atoms with Gasteiger partial charge in [0.2, 0.25) is 5.91 Å². The van der Waals surface area contributed by atoms with E-state index in [1.165, 1.54) is 16.7 Å². The molecule has 2 aromatic rings. The van der Waals surface area contributed by atoms with E-state index in [0.717, 1.165) is 36.3 Å². The first kappa shape index (κ1) is 18.4. The third kappa shape index (κ3) is 4.05. The van der Waals surface area contributed by atoms with Crippen LogP contribution >= 0.6 is 0 Å². The fraction of sp³-hybridized carbons (Fsp3) is 0.348. The number of carbonyl (C=O) groups is 1. The first-order chi connectivity index (χ1) is 12.5. The molecule has 3 heteroatoms. The van der Waals surface area contributed by atoms with Crippen LogP contribution in [-0.4, -0.2) is 29.9 Å². The number of hydrogen-bond donors (Lipinski definition) is 1. The van der Waals surface area contributed by atoms with Gasteiger partial charge in [-0.15, -0.1) is 0 Å². The molecule has 3 nitrogen and oxygen atoms in total. The zero-order chi connectivity index (χ0) is 18.7. The molecule has 0 saturated heterocycles. The number of amides is 1. The monoisotopic (exact) mass is 348 g/mol. The highest BCUT2D eigenvalue weighted by molar-refractivity contribution is 5.96. The first-order valence-corrected chi connectivity index (χ1v) is 9.33. The lowest BCUT2D eigenvalue weighted by Gasteiger charge is -2.31. The first-order valence-electron chi connectivity index (χ1n) is 9.33. The summed E-state index contributed by atoms with van der Waals surface area (Å²) in [6, 6.07) is 14.6. The van der Waals surface area contributed by atoms with Crippen molar-refractivity contribution in [3.05, 3.63) is 70.8 Å². The Morgan fingerprint density at radius 1 is 1.08 bits per heavy atom. The summed E-state index contributed by atoms with van der Waals surface area (Å²) in [5.74, 6) is 0.0663. The van der Waals surface area contributed by atoms with Gasteiger partial charge in [-0.1, -0.05) is 54.1 Å². The van der Waals surface area contributed by atoms with Crippen molar-refractivity contribution in [1.82, 2.24) is 4.90 Å². The third-order valence-electron chi connectivity index (χ3n) is 5.24. The number of rotatable bonds is 4. The lowest BCUT2D eigenvalue weighted by Crippen LogP contribution is -2.44. The summed E-state index contributed by atoms with van der Waals surface area (Å²) in [6.45, 7) is 9.89. The third-order valence-corrected chi connectivity index (χ3v) is 5.24. The van der Waals surface area contributed by atoms with Gasteiger partial charge in [0.15, 0.2) is 0 Å². The highest BCUT2D eigenvalue weighted by Crippen LogP contribution is 2.25. The Bertz CT molecular complexity index is 800. The molecule has 1 N–H and O–H groups in total. The molecule has 2 aromatic carbocycles. The number of benzene rings is 2. The van der Waals surface area contributed by atoms with Crippen molar-refractivity contribution in [1.29, 1.82) is 0 Å². The maximum atomic E-state index is 12.8. The molecule has 1 atom stereocenters. The van der Waals surface area contributed by atoms with Crippen LogP contribution in [0, 0.1) is 20.8 Å². The van der Waals surface area contributed by atoms with E-state index in [1.54, 1.807) is 0 Å².